The van der Waals surface area contributed by atoms with Crippen molar-refractivity contribution in [3.63, 3.8) is 0 Å². The average Bonchev–Trinajstić information content (AvgIpc) is 2.09. The molecule has 0 aliphatic carbocycles. The Morgan fingerprint density at radius 2 is 2.42 bits per heavy atom. The quantitative estimate of drug-likeness (QED) is 0.675. The summed E-state index contributed by atoms with van der Waals surface area (Å²) >= 11 is 0. The third kappa shape index (κ3) is 2.25. The van der Waals surface area contributed by atoms with Gasteiger partial charge in [0.25, 0.3) is 0 Å². The third-order valence-electron chi connectivity index (χ3n) is 1.52. The van der Waals surface area contributed by atoms with Crippen molar-refractivity contribution in [2.75, 3.05) is 6.61 Å². The first-order valence-corrected chi connectivity index (χ1v) is 3.70. The molecule has 12 heavy (non-hydrogen) atoms. The van der Waals surface area contributed by atoms with Gasteiger partial charge in [0.2, 0.25) is 0 Å². The van der Waals surface area contributed by atoms with Crippen molar-refractivity contribution in [1.29, 1.82) is 0 Å². The van der Waals surface area contributed by atoms with Crippen LogP contribution in [0.2, 0.25) is 0 Å². The molecule has 1 aromatic rings. The highest BCUT2D eigenvalue weighted by Gasteiger charge is 2.07. The minimum atomic E-state index is -0.436. The number of hydrogen-bond acceptors (Lipinski definition) is 3. The fraction of sp³-hybridized carbons (Fsp3) is 0.375. The molecule has 4 heteroatoms. The summed E-state index contributed by atoms with van der Waals surface area (Å²) in [6.07, 6.45) is 1.77. The summed E-state index contributed by atoms with van der Waals surface area (Å²) < 4.78 is 12.9. The van der Waals surface area contributed by atoms with E-state index in [1.807, 2.05) is 0 Å². The molecule has 1 rings (SSSR count). The number of pyridine rings is 1. The van der Waals surface area contributed by atoms with Gasteiger partial charge in [0.05, 0.1) is 12.3 Å². The maximum absolute atomic E-state index is 12.9. The minimum Gasteiger partial charge on any atom is -0.395 e. The average molecular weight is 170 g/mol. The maximum Gasteiger partial charge on any atom is 0.144 e. The molecule has 0 aliphatic rings. The minimum absolute atomic E-state index is 0.157. The molecular formula is C8H11FN2O. The maximum atomic E-state index is 12.9. The van der Waals surface area contributed by atoms with Crippen LogP contribution in [0.3, 0.4) is 0 Å². The summed E-state index contributed by atoms with van der Waals surface area (Å²) in [6.45, 7) is -0.157. The van der Waals surface area contributed by atoms with Crippen molar-refractivity contribution in [3.05, 3.63) is 29.8 Å². The Morgan fingerprint density at radius 3 is 3.00 bits per heavy atom. The van der Waals surface area contributed by atoms with Gasteiger partial charge in [-0.1, -0.05) is 0 Å². The predicted molar refractivity (Wildman–Crippen MR) is 43.0 cm³/mol. The van der Waals surface area contributed by atoms with Crippen LogP contribution >= 0.6 is 0 Å². The van der Waals surface area contributed by atoms with Crippen molar-refractivity contribution in [2.24, 2.45) is 5.73 Å². The smallest absolute Gasteiger partial charge is 0.144 e. The van der Waals surface area contributed by atoms with E-state index in [4.69, 9.17) is 10.8 Å². The van der Waals surface area contributed by atoms with E-state index in [-0.39, 0.29) is 18.8 Å². The summed E-state index contributed by atoms with van der Waals surface area (Å²) in [4.78, 5) is 3.80. The zero-order valence-electron chi connectivity index (χ0n) is 6.57. The highest BCUT2D eigenvalue weighted by atomic mass is 19.1. The number of rotatable bonds is 3. The molecule has 66 valence electrons. The van der Waals surface area contributed by atoms with Crippen LogP contribution in [-0.4, -0.2) is 22.7 Å². The van der Waals surface area contributed by atoms with Crippen molar-refractivity contribution in [1.82, 2.24) is 4.98 Å². The number of aromatic nitrogens is 1. The topological polar surface area (TPSA) is 59.1 Å². The summed E-state index contributed by atoms with van der Waals surface area (Å²) in [6, 6.07) is 2.41. The van der Waals surface area contributed by atoms with E-state index < -0.39 is 6.04 Å². The molecule has 0 fully saturated rings. The predicted octanol–water partition coefficient (Wildman–Crippen LogP) is 0.0828. The summed E-state index contributed by atoms with van der Waals surface area (Å²) in [5.41, 5.74) is 5.72. The van der Waals surface area contributed by atoms with E-state index in [1.165, 1.54) is 18.3 Å². The van der Waals surface area contributed by atoms with E-state index >= 15 is 0 Å². The highest BCUT2D eigenvalue weighted by molar-refractivity contribution is 5.08. The number of aliphatic hydroxyl groups is 1. The second-order valence-corrected chi connectivity index (χ2v) is 2.58. The van der Waals surface area contributed by atoms with E-state index in [0.29, 0.717) is 5.69 Å². The molecule has 1 aromatic heterocycles. The van der Waals surface area contributed by atoms with Crippen LogP contribution in [0.15, 0.2) is 18.3 Å². The molecule has 0 spiro atoms. The van der Waals surface area contributed by atoms with Crippen molar-refractivity contribution >= 4 is 0 Å². The molecule has 0 aromatic carbocycles. The first kappa shape index (κ1) is 9.09. The van der Waals surface area contributed by atoms with Crippen molar-refractivity contribution in [3.8, 4) is 0 Å². The van der Waals surface area contributed by atoms with Gasteiger partial charge in [-0.25, -0.2) is 4.39 Å². The van der Waals surface area contributed by atoms with Crippen molar-refractivity contribution < 1.29 is 9.50 Å². The van der Waals surface area contributed by atoms with Crippen LogP contribution in [-0.2, 0) is 6.42 Å². The van der Waals surface area contributed by atoms with E-state index in [9.17, 15) is 4.39 Å². The zero-order chi connectivity index (χ0) is 8.97. The van der Waals surface area contributed by atoms with Crippen LogP contribution in [0.1, 0.15) is 5.69 Å². The van der Waals surface area contributed by atoms with E-state index in [1.54, 1.807) is 0 Å². The first-order valence-electron chi connectivity index (χ1n) is 3.70. The van der Waals surface area contributed by atoms with Gasteiger partial charge in [-0.3, -0.25) is 4.98 Å². The molecule has 0 unspecified atom stereocenters. The lowest BCUT2D eigenvalue weighted by Crippen LogP contribution is -2.27. The lowest BCUT2D eigenvalue weighted by atomic mass is 10.1. The number of hydrogen-bond donors (Lipinski definition) is 2. The highest BCUT2D eigenvalue weighted by Crippen LogP contribution is 2.04. The van der Waals surface area contributed by atoms with Gasteiger partial charge in [-0.15, -0.1) is 0 Å². The van der Waals surface area contributed by atoms with Crippen LogP contribution in [0, 0.1) is 5.82 Å². The van der Waals surface area contributed by atoms with Crippen LogP contribution in [0.5, 0.6) is 0 Å². The van der Waals surface area contributed by atoms with Gasteiger partial charge in [0, 0.05) is 18.7 Å². The van der Waals surface area contributed by atoms with Crippen LogP contribution in [0.4, 0.5) is 4.39 Å². The fourth-order valence-corrected chi connectivity index (χ4v) is 0.881. The Balaban J connectivity index is 2.69. The fourth-order valence-electron chi connectivity index (χ4n) is 0.881. The van der Waals surface area contributed by atoms with Crippen LogP contribution < -0.4 is 5.73 Å². The van der Waals surface area contributed by atoms with E-state index in [2.05, 4.69) is 4.98 Å². The summed E-state index contributed by atoms with van der Waals surface area (Å²) in [5, 5.41) is 8.61. The van der Waals surface area contributed by atoms with Gasteiger partial charge in [-0.2, -0.15) is 0 Å². The molecule has 3 nitrogen and oxygen atoms in total. The molecule has 1 heterocycles. The number of aliphatic hydroxyl groups excluding tert-OH is 1. The Labute approximate surface area is 70.0 Å². The molecule has 3 N–H and O–H groups in total. The first-order chi connectivity index (χ1) is 5.74. The largest absolute Gasteiger partial charge is 0.395 e. The summed E-state index contributed by atoms with van der Waals surface area (Å²) in [7, 11) is 0. The van der Waals surface area contributed by atoms with Gasteiger partial charge in [0.1, 0.15) is 5.82 Å². The second kappa shape index (κ2) is 4.13. The molecule has 0 radical (unpaired) electrons. The molecule has 0 aliphatic heterocycles. The second-order valence-electron chi connectivity index (χ2n) is 2.58. The molecule has 1 atom stereocenters. The Morgan fingerprint density at radius 1 is 1.67 bits per heavy atom. The van der Waals surface area contributed by atoms with E-state index in [0.717, 1.165) is 0 Å². The van der Waals surface area contributed by atoms with Gasteiger partial charge >= 0.3 is 0 Å². The van der Waals surface area contributed by atoms with Gasteiger partial charge in [0.15, 0.2) is 0 Å². The lowest BCUT2D eigenvalue weighted by molar-refractivity contribution is 0.264. The number of nitrogens with zero attached hydrogens (tertiary/aromatic N) is 1. The monoisotopic (exact) mass is 170 g/mol. The van der Waals surface area contributed by atoms with Crippen LogP contribution in [0.25, 0.3) is 0 Å². The standard InChI is InChI=1S/C8H11FN2O/c9-7-2-1-3-11-8(7)4-6(10)5-12/h1-3,6,12H,4-5,10H2/t6-/m1/s1. The Kier molecular flexibility index (Phi) is 3.13. The zero-order valence-corrected chi connectivity index (χ0v) is 6.57. The lowest BCUT2D eigenvalue weighted by Gasteiger charge is -2.06. The third-order valence-corrected chi connectivity index (χ3v) is 1.52. The summed E-state index contributed by atoms with van der Waals surface area (Å²) in [5.74, 6) is -0.374. The molecule has 0 amide bonds. The number of halogens is 1. The van der Waals surface area contributed by atoms with Crippen molar-refractivity contribution in [2.45, 2.75) is 12.5 Å². The number of nitrogens with two attached hydrogens (primary N) is 1. The Hall–Kier alpha value is -1.00. The molecule has 0 saturated heterocycles. The normalized spacial score (nSPS) is 12.9. The molecule has 0 saturated carbocycles. The SMILES string of the molecule is N[C@@H](CO)Cc1ncccc1F. The van der Waals surface area contributed by atoms with Gasteiger partial charge in [-0.05, 0) is 12.1 Å². The van der Waals surface area contributed by atoms with Gasteiger partial charge < -0.3 is 10.8 Å². The Bertz CT molecular complexity index is 255. The molecular weight excluding hydrogens is 159 g/mol. The molecule has 0 bridgehead atoms.